The van der Waals surface area contributed by atoms with E-state index >= 15 is 0 Å². The van der Waals surface area contributed by atoms with E-state index in [0.29, 0.717) is 24.4 Å². The topological polar surface area (TPSA) is 59.5 Å². The quantitative estimate of drug-likeness (QED) is 0.930. The molecule has 0 aliphatic rings. The van der Waals surface area contributed by atoms with E-state index in [2.05, 4.69) is 0 Å². The van der Waals surface area contributed by atoms with Crippen molar-refractivity contribution in [2.75, 3.05) is 11.4 Å². The maximum Gasteiger partial charge on any atom is 0.261 e. The van der Waals surface area contributed by atoms with E-state index in [0.717, 1.165) is 17.0 Å². The third-order valence-electron chi connectivity index (χ3n) is 3.32. The molecule has 20 heavy (non-hydrogen) atoms. The van der Waals surface area contributed by atoms with E-state index in [-0.39, 0.29) is 5.91 Å². The Kier molecular flexibility index (Phi) is 4.25. The lowest BCUT2D eigenvalue weighted by Crippen LogP contribution is -2.30. The van der Waals surface area contributed by atoms with Crippen molar-refractivity contribution in [2.45, 2.75) is 27.3 Å². The molecule has 0 saturated carbocycles. The maximum atomic E-state index is 12.6. The van der Waals surface area contributed by atoms with Crippen LogP contribution in [0.4, 0.5) is 5.69 Å². The average Bonchev–Trinajstić information content (AvgIpc) is 2.79. The Labute approximate surface area is 119 Å². The van der Waals surface area contributed by atoms with Gasteiger partial charge in [0, 0.05) is 18.8 Å². The van der Waals surface area contributed by atoms with Gasteiger partial charge in [0.1, 0.15) is 11.5 Å². The Morgan fingerprint density at radius 2 is 1.90 bits per heavy atom. The third kappa shape index (κ3) is 2.75. The number of benzene rings is 1. The molecule has 4 heteroatoms. The van der Waals surface area contributed by atoms with Crippen LogP contribution in [0.5, 0.6) is 0 Å². The number of furan rings is 1. The Hall–Kier alpha value is -2.07. The molecule has 2 rings (SSSR count). The highest BCUT2D eigenvalue weighted by Gasteiger charge is 2.20. The molecule has 0 aliphatic carbocycles. The van der Waals surface area contributed by atoms with Gasteiger partial charge in [-0.3, -0.25) is 4.79 Å². The second kappa shape index (κ2) is 5.92. The van der Waals surface area contributed by atoms with Crippen molar-refractivity contribution in [1.82, 2.24) is 0 Å². The molecule has 2 aromatic rings. The van der Waals surface area contributed by atoms with E-state index in [9.17, 15) is 4.79 Å². The zero-order valence-electron chi connectivity index (χ0n) is 12.1. The Balaban J connectivity index is 2.31. The number of rotatable bonds is 4. The molecule has 0 atom stereocenters. The smallest absolute Gasteiger partial charge is 0.261 e. The third-order valence-corrected chi connectivity index (χ3v) is 3.32. The highest BCUT2D eigenvalue weighted by Crippen LogP contribution is 2.21. The molecule has 0 radical (unpaired) electrons. The molecule has 0 bridgehead atoms. The summed E-state index contributed by atoms with van der Waals surface area (Å²) in [7, 11) is 0. The number of hydrogen-bond acceptors (Lipinski definition) is 3. The standard InChI is InChI=1S/C16H20N2O2/c1-4-18(14-7-5-13(10-17)6-8-14)16(19)15-9-11(2)20-12(15)3/h5-9H,4,10,17H2,1-3H3. The van der Waals surface area contributed by atoms with Gasteiger partial charge < -0.3 is 15.1 Å². The minimum absolute atomic E-state index is 0.0395. The molecule has 0 saturated heterocycles. The summed E-state index contributed by atoms with van der Waals surface area (Å²) in [5, 5.41) is 0. The SMILES string of the molecule is CCN(C(=O)c1cc(C)oc1C)c1ccc(CN)cc1. The minimum Gasteiger partial charge on any atom is -0.466 e. The van der Waals surface area contributed by atoms with Crippen LogP contribution in [0.1, 0.15) is 34.4 Å². The van der Waals surface area contributed by atoms with E-state index in [4.69, 9.17) is 10.2 Å². The summed E-state index contributed by atoms with van der Waals surface area (Å²) >= 11 is 0. The lowest BCUT2D eigenvalue weighted by Gasteiger charge is -2.21. The summed E-state index contributed by atoms with van der Waals surface area (Å²) in [6, 6.07) is 9.52. The molecule has 2 N–H and O–H groups in total. The number of nitrogens with zero attached hydrogens (tertiary/aromatic N) is 1. The minimum atomic E-state index is -0.0395. The molecule has 1 heterocycles. The summed E-state index contributed by atoms with van der Waals surface area (Å²) in [4.78, 5) is 14.3. The number of carbonyl (C=O) groups excluding carboxylic acids is 1. The molecule has 0 spiro atoms. The van der Waals surface area contributed by atoms with Crippen molar-refractivity contribution in [1.29, 1.82) is 0 Å². The molecule has 0 unspecified atom stereocenters. The predicted octanol–water partition coefficient (Wildman–Crippen LogP) is 3.02. The number of amides is 1. The van der Waals surface area contributed by atoms with Gasteiger partial charge in [0.05, 0.1) is 5.56 Å². The molecular weight excluding hydrogens is 252 g/mol. The van der Waals surface area contributed by atoms with Crippen molar-refractivity contribution in [3.8, 4) is 0 Å². The predicted molar refractivity (Wildman–Crippen MR) is 79.9 cm³/mol. The highest BCUT2D eigenvalue weighted by molar-refractivity contribution is 6.06. The first-order valence-electron chi connectivity index (χ1n) is 6.74. The molecule has 0 aliphatic heterocycles. The van der Waals surface area contributed by atoms with E-state index < -0.39 is 0 Å². The second-order valence-corrected chi connectivity index (χ2v) is 4.75. The molecule has 1 amide bonds. The number of aryl methyl sites for hydroxylation is 2. The lowest BCUT2D eigenvalue weighted by atomic mass is 10.1. The Bertz CT molecular complexity index is 599. The van der Waals surface area contributed by atoms with Crippen LogP contribution in [0.2, 0.25) is 0 Å². The maximum absolute atomic E-state index is 12.6. The van der Waals surface area contributed by atoms with Gasteiger partial charge in [0.2, 0.25) is 0 Å². The van der Waals surface area contributed by atoms with Gasteiger partial charge in [0.25, 0.3) is 5.91 Å². The van der Waals surface area contributed by atoms with Gasteiger partial charge in [-0.1, -0.05) is 12.1 Å². The van der Waals surface area contributed by atoms with Gasteiger partial charge >= 0.3 is 0 Å². The van der Waals surface area contributed by atoms with Crippen molar-refractivity contribution < 1.29 is 9.21 Å². The molecule has 106 valence electrons. The molecule has 4 nitrogen and oxygen atoms in total. The summed E-state index contributed by atoms with van der Waals surface area (Å²) < 4.78 is 5.44. The molecule has 1 aromatic carbocycles. The zero-order chi connectivity index (χ0) is 14.7. The van der Waals surface area contributed by atoms with Gasteiger partial charge in [0.15, 0.2) is 0 Å². The summed E-state index contributed by atoms with van der Waals surface area (Å²) in [6.45, 7) is 6.71. The van der Waals surface area contributed by atoms with Crippen molar-refractivity contribution >= 4 is 11.6 Å². The fourth-order valence-electron chi connectivity index (χ4n) is 2.24. The monoisotopic (exact) mass is 272 g/mol. The fourth-order valence-corrected chi connectivity index (χ4v) is 2.24. The van der Waals surface area contributed by atoms with Crippen LogP contribution in [0.15, 0.2) is 34.7 Å². The lowest BCUT2D eigenvalue weighted by molar-refractivity contribution is 0.0987. The Morgan fingerprint density at radius 3 is 2.35 bits per heavy atom. The summed E-state index contributed by atoms with van der Waals surface area (Å²) in [5.41, 5.74) is 8.12. The van der Waals surface area contributed by atoms with Gasteiger partial charge in [-0.15, -0.1) is 0 Å². The number of anilines is 1. The van der Waals surface area contributed by atoms with Gasteiger partial charge in [-0.25, -0.2) is 0 Å². The van der Waals surface area contributed by atoms with Crippen LogP contribution in [-0.2, 0) is 6.54 Å². The first-order valence-corrected chi connectivity index (χ1v) is 6.74. The van der Waals surface area contributed by atoms with Gasteiger partial charge in [-0.05, 0) is 44.5 Å². The van der Waals surface area contributed by atoms with Crippen LogP contribution in [0, 0.1) is 13.8 Å². The fraction of sp³-hybridized carbons (Fsp3) is 0.312. The van der Waals surface area contributed by atoms with Crippen LogP contribution >= 0.6 is 0 Å². The Morgan fingerprint density at radius 1 is 1.25 bits per heavy atom. The normalized spacial score (nSPS) is 10.6. The second-order valence-electron chi connectivity index (χ2n) is 4.75. The van der Waals surface area contributed by atoms with Crippen LogP contribution in [-0.4, -0.2) is 12.5 Å². The van der Waals surface area contributed by atoms with Crippen molar-refractivity contribution in [3.05, 3.63) is 53.0 Å². The average molecular weight is 272 g/mol. The zero-order valence-corrected chi connectivity index (χ0v) is 12.1. The van der Waals surface area contributed by atoms with E-state index in [1.165, 1.54) is 0 Å². The van der Waals surface area contributed by atoms with E-state index in [1.54, 1.807) is 11.0 Å². The summed E-state index contributed by atoms with van der Waals surface area (Å²) in [6.07, 6.45) is 0. The first kappa shape index (κ1) is 14.3. The number of carbonyl (C=O) groups is 1. The van der Waals surface area contributed by atoms with Crippen molar-refractivity contribution in [2.24, 2.45) is 5.73 Å². The number of nitrogens with two attached hydrogens (primary N) is 1. The van der Waals surface area contributed by atoms with Gasteiger partial charge in [-0.2, -0.15) is 0 Å². The van der Waals surface area contributed by atoms with Crippen LogP contribution in [0.3, 0.4) is 0 Å². The van der Waals surface area contributed by atoms with E-state index in [1.807, 2.05) is 45.0 Å². The molecule has 1 aromatic heterocycles. The molecular formula is C16H20N2O2. The molecule has 0 fully saturated rings. The van der Waals surface area contributed by atoms with Crippen LogP contribution in [0.25, 0.3) is 0 Å². The van der Waals surface area contributed by atoms with Crippen LogP contribution < -0.4 is 10.6 Å². The van der Waals surface area contributed by atoms with Crippen molar-refractivity contribution in [3.63, 3.8) is 0 Å². The summed E-state index contributed by atoms with van der Waals surface area (Å²) in [5.74, 6) is 1.37. The number of hydrogen-bond donors (Lipinski definition) is 1. The largest absolute Gasteiger partial charge is 0.466 e. The first-order chi connectivity index (χ1) is 9.56. The highest BCUT2D eigenvalue weighted by atomic mass is 16.3.